The summed E-state index contributed by atoms with van der Waals surface area (Å²) in [6, 6.07) is 9.58. The Balaban J connectivity index is 1.52. The standard InChI is InChI=1S/C30H41N3O3/c1-29(2,3)24-15-19(16-25(27(24)35)30(4,5)6)26(34)18-33-17-20-14-22(8-9-23(20)28(33)31)36-21-10-12-32(7)13-11-21/h8-9,14-16,21,31,35H,10-13,17-18H2,1-7H3. The summed E-state index contributed by atoms with van der Waals surface area (Å²) in [6.07, 6.45) is 2.26. The first-order chi connectivity index (χ1) is 16.7. The third kappa shape index (κ3) is 5.44. The quantitative estimate of drug-likeness (QED) is 0.541. The van der Waals surface area contributed by atoms with Crippen molar-refractivity contribution in [2.45, 2.75) is 77.9 Å². The van der Waals surface area contributed by atoms with E-state index in [1.807, 2.05) is 76.8 Å². The van der Waals surface area contributed by atoms with Gasteiger partial charge in [-0.2, -0.15) is 0 Å². The van der Waals surface area contributed by atoms with Crippen LogP contribution in [0.5, 0.6) is 11.5 Å². The molecule has 0 bridgehead atoms. The van der Waals surface area contributed by atoms with Gasteiger partial charge in [0.05, 0.1) is 6.54 Å². The smallest absolute Gasteiger partial charge is 0.182 e. The fourth-order valence-electron chi connectivity index (χ4n) is 5.09. The van der Waals surface area contributed by atoms with Crippen molar-refractivity contribution >= 4 is 11.6 Å². The monoisotopic (exact) mass is 491 g/mol. The molecule has 6 heteroatoms. The highest BCUT2D eigenvalue weighted by Gasteiger charge is 2.30. The van der Waals surface area contributed by atoms with Gasteiger partial charge in [-0.25, -0.2) is 0 Å². The van der Waals surface area contributed by atoms with Crippen molar-refractivity contribution in [2.24, 2.45) is 0 Å². The number of aromatic hydroxyl groups is 1. The van der Waals surface area contributed by atoms with Gasteiger partial charge in [-0.1, -0.05) is 41.5 Å². The highest BCUT2D eigenvalue weighted by atomic mass is 16.5. The lowest BCUT2D eigenvalue weighted by Gasteiger charge is -2.29. The summed E-state index contributed by atoms with van der Waals surface area (Å²) in [5, 5.41) is 19.7. The van der Waals surface area contributed by atoms with E-state index >= 15 is 0 Å². The summed E-state index contributed by atoms with van der Waals surface area (Å²) < 4.78 is 6.24. The van der Waals surface area contributed by atoms with E-state index in [1.54, 1.807) is 0 Å². The van der Waals surface area contributed by atoms with Gasteiger partial charge < -0.3 is 19.6 Å². The SMILES string of the molecule is CN1CCC(Oc2ccc3c(c2)CN(CC(=O)c2cc(C(C)(C)C)c(O)c(C(C)(C)C)c2)C3=N)CC1. The predicted octanol–water partition coefficient (Wildman–Crippen LogP) is 5.48. The van der Waals surface area contributed by atoms with E-state index in [1.165, 1.54) is 0 Å². The van der Waals surface area contributed by atoms with Gasteiger partial charge >= 0.3 is 0 Å². The molecule has 2 aliphatic rings. The van der Waals surface area contributed by atoms with Crippen LogP contribution in [0, 0.1) is 5.41 Å². The van der Waals surface area contributed by atoms with Crippen molar-refractivity contribution in [1.82, 2.24) is 9.80 Å². The lowest BCUT2D eigenvalue weighted by molar-refractivity contribution is 0.0962. The minimum atomic E-state index is -0.304. The molecule has 2 aromatic rings. The molecule has 0 saturated carbocycles. The van der Waals surface area contributed by atoms with Crippen molar-refractivity contribution in [1.29, 1.82) is 5.41 Å². The molecule has 36 heavy (non-hydrogen) atoms. The van der Waals surface area contributed by atoms with Crippen molar-refractivity contribution in [3.05, 3.63) is 58.1 Å². The van der Waals surface area contributed by atoms with Crippen molar-refractivity contribution in [3.63, 3.8) is 0 Å². The topological polar surface area (TPSA) is 76.9 Å². The van der Waals surface area contributed by atoms with Gasteiger partial charge in [-0.15, -0.1) is 0 Å². The maximum Gasteiger partial charge on any atom is 0.182 e. The Hall–Kier alpha value is -2.86. The summed E-state index contributed by atoms with van der Waals surface area (Å²) in [6.45, 7) is 15.0. The molecule has 6 nitrogen and oxygen atoms in total. The number of fused-ring (bicyclic) bond motifs is 1. The summed E-state index contributed by atoms with van der Waals surface area (Å²) >= 11 is 0. The van der Waals surface area contributed by atoms with Gasteiger partial charge in [-0.05, 0) is 66.6 Å². The number of ketones is 1. The van der Waals surface area contributed by atoms with Gasteiger partial charge in [0.1, 0.15) is 23.4 Å². The van der Waals surface area contributed by atoms with Crippen LogP contribution >= 0.6 is 0 Å². The summed E-state index contributed by atoms with van der Waals surface area (Å²) in [5.41, 5.74) is 3.40. The van der Waals surface area contributed by atoms with E-state index in [0.29, 0.717) is 17.9 Å². The van der Waals surface area contributed by atoms with Crippen LogP contribution in [0.1, 0.15) is 87.0 Å². The number of ether oxygens (including phenoxy) is 1. The number of nitrogens with one attached hydrogen (secondary N) is 1. The second-order valence-electron chi connectivity index (χ2n) is 12.5. The first-order valence-corrected chi connectivity index (χ1v) is 13.0. The van der Waals surface area contributed by atoms with E-state index < -0.39 is 0 Å². The zero-order valence-electron chi connectivity index (χ0n) is 22.9. The lowest BCUT2D eigenvalue weighted by Crippen LogP contribution is -2.35. The summed E-state index contributed by atoms with van der Waals surface area (Å²) in [4.78, 5) is 17.6. The second-order valence-corrected chi connectivity index (χ2v) is 12.5. The number of phenols is 1. The molecule has 2 heterocycles. The zero-order valence-corrected chi connectivity index (χ0v) is 22.9. The molecule has 2 aromatic carbocycles. The molecule has 1 fully saturated rings. The third-order valence-electron chi connectivity index (χ3n) is 7.36. The van der Waals surface area contributed by atoms with Crippen LogP contribution in [0.25, 0.3) is 0 Å². The molecular weight excluding hydrogens is 450 g/mol. The van der Waals surface area contributed by atoms with Gasteiger partial charge in [0.2, 0.25) is 0 Å². The number of hydrogen-bond donors (Lipinski definition) is 2. The maximum atomic E-state index is 13.5. The minimum Gasteiger partial charge on any atom is -0.507 e. The van der Waals surface area contributed by atoms with E-state index in [2.05, 4.69) is 11.9 Å². The van der Waals surface area contributed by atoms with Crippen LogP contribution in [0.3, 0.4) is 0 Å². The fourth-order valence-corrected chi connectivity index (χ4v) is 5.09. The van der Waals surface area contributed by atoms with Crippen molar-refractivity contribution in [3.8, 4) is 11.5 Å². The van der Waals surface area contributed by atoms with Crippen molar-refractivity contribution < 1.29 is 14.6 Å². The van der Waals surface area contributed by atoms with E-state index in [-0.39, 0.29) is 35.0 Å². The highest BCUT2D eigenvalue weighted by molar-refractivity contribution is 6.05. The molecule has 1 saturated heterocycles. The number of nitrogens with zero attached hydrogens (tertiary/aromatic N) is 2. The van der Waals surface area contributed by atoms with Crippen molar-refractivity contribution in [2.75, 3.05) is 26.7 Å². The van der Waals surface area contributed by atoms with Gasteiger partial charge in [0, 0.05) is 41.9 Å². The van der Waals surface area contributed by atoms with E-state index in [0.717, 1.165) is 53.9 Å². The molecule has 0 atom stereocenters. The van der Waals surface area contributed by atoms with Crippen LogP contribution in [0.4, 0.5) is 0 Å². The molecule has 0 aliphatic carbocycles. The number of Topliss-reactive ketones (excluding diaryl/α,β-unsaturated/α-hetero) is 1. The Morgan fingerprint density at radius 1 is 1.03 bits per heavy atom. The number of carbonyl (C=O) groups is 1. The van der Waals surface area contributed by atoms with E-state index in [9.17, 15) is 9.90 Å². The molecular formula is C30H41N3O3. The zero-order chi connectivity index (χ0) is 26.4. The molecule has 194 valence electrons. The highest BCUT2D eigenvalue weighted by Crippen LogP contribution is 2.40. The average molecular weight is 492 g/mol. The van der Waals surface area contributed by atoms with Gasteiger partial charge in [-0.3, -0.25) is 10.2 Å². The van der Waals surface area contributed by atoms with Crippen LogP contribution in [-0.4, -0.2) is 59.3 Å². The first kappa shape index (κ1) is 26.2. The molecule has 0 amide bonds. The number of rotatable bonds is 5. The molecule has 0 radical (unpaired) electrons. The Bertz CT molecular complexity index is 1130. The second kappa shape index (κ2) is 9.55. The number of phenolic OH excluding ortho intramolecular Hbond substituents is 1. The number of carbonyl (C=O) groups excluding carboxylic acids is 1. The van der Waals surface area contributed by atoms with Gasteiger partial charge in [0.15, 0.2) is 5.78 Å². The number of likely N-dealkylation sites (tertiary alicyclic amines) is 1. The largest absolute Gasteiger partial charge is 0.507 e. The minimum absolute atomic E-state index is 0.0497. The summed E-state index contributed by atoms with van der Waals surface area (Å²) in [5.74, 6) is 1.43. The normalized spacial score (nSPS) is 17.4. The molecule has 0 spiro atoms. The van der Waals surface area contributed by atoms with Crippen LogP contribution in [0.15, 0.2) is 30.3 Å². The number of amidine groups is 1. The summed E-state index contributed by atoms with van der Waals surface area (Å²) in [7, 11) is 2.14. The Morgan fingerprint density at radius 3 is 2.17 bits per heavy atom. The molecule has 2 N–H and O–H groups in total. The average Bonchev–Trinajstić information content (AvgIpc) is 3.08. The molecule has 0 unspecified atom stereocenters. The third-order valence-corrected chi connectivity index (χ3v) is 7.36. The number of hydrogen-bond acceptors (Lipinski definition) is 5. The Morgan fingerprint density at radius 2 is 1.61 bits per heavy atom. The maximum absolute atomic E-state index is 13.5. The van der Waals surface area contributed by atoms with Crippen LogP contribution in [-0.2, 0) is 17.4 Å². The molecule has 2 aliphatic heterocycles. The first-order valence-electron chi connectivity index (χ1n) is 13.0. The van der Waals surface area contributed by atoms with Gasteiger partial charge in [0.25, 0.3) is 0 Å². The fraction of sp³-hybridized carbons (Fsp3) is 0.533. The van der Waals surface area contributed by atoms with Crippen LogP contribution in [0.2, 0.25) is 0 Å². The predicted molar refractivity (Wildman–Crippen MR) is 145 cm³/mol. The molecule has 0 aromatic heterocycles. The number of benzene rings is 2. The Kier molecular flexibility index (Phi) is 6.95. The lowest BCUT2D eigenvalue weighted by atomic mass is 9.78. The molecule has 4 rings (SSSR count). The van der Waals surface area contributed by atoms with Crippen LogP contribution < -0.4 is 4.74 Å². The van der Waals surface area contributed by atoms with E-state index in [4.69, 9.17) is 10.1 Å². The Labute approximate surface area is 215 Å². The number of piperidine rings is 1.